The summed E-state index contributed by atoms with van der Waals surface area (Å²) in [7, 11) is 0. The summed E-state index contributed by atoms with van der Waals surface area (Å²) < 4.78 is 13.4. The molecule has 3 nitrogen and oxygen atoms in total. The largest absolute Gasteiger partial charge is 0.347 e. The van der Waals surface area contributed by atoms with Gasteiger partial charge in [-0.25, -0.2) is 9.38 Å². The van der Waals surface area contributed by atoms with Crippen molar-refractivity contribution in [2.45, 2.75) is 18.6 Å². The van der Waals surface area contributed by atoms with Crippen LogP contribution in [0.2, 0.25) is 0 Å². The fraction of sp³-hybridized carbons (Fsp3) is 0.136. The molecular weight excluding hydrogens is 325 g/mol. The van der Waals surface area contributed by atoms with E-state index in [4.69, 9.17) is 0 Å². The highest BCUT2D eigenvalue weighted by Crippen LogP contribution is 2.32. The predicted molar refractivity (Wildman–Crippen MR) is 102 cm³/mol. The lowest BCUT2D eigenvalue weighted by molar-refractivity contribution is 0.554. The smallest absolute Gasteiger partial charge is 0.192 e. The van der Waals surface area contributed by atoms with Gasteiger partial charge in [0.25, 0.3) is 0 Å². The molecule has 0 unspecified atom stereocenters. The molecule has 2 N–H and O–H groups in total. The van der Waals surface area contributed by atoms with Gasteiger partial charge in [0.05, 0.1) is 18.6 Å². The summed E-state index contributed by atoms with van der Waals surface area (Å²) in [6.07, 6.45) is 0. The van der Waals surface area contributed by atoms with Gasteiger partial charge in [0, 0.05) is 0 Å². The third kappa shape index (κ3) is 3.59. The lowest BCUT2D eigenvalue weighted by Gasteiger charge is -2.19. The van der Waals surface area contributed by atoms with Crippen LogP contribution in [0.1, 0.15) is 28.8 Å². The standard InChI is InChI=1S/C22H20FN3/c23-19-13-7-8-16(14-19)15-24-22-25-20(17-9-3-1-4-10-17)21(26-22)18-11-5-2-6-12-18/h1-14,20-21H,15H2,(H2,24,25,26)/t20-,21+. The second-order valence-electron chi connectivity index (χ2n) is 6.36. The van der Waals surface area contributed by atoms with Crippen LogP contribution in [0, 0.1) is 5.82 Å². The summed E-state index contributed by atoms with van der Waals surface area (Å²) in [5.41, 5.74) is 3.25. The van der Waals surface area contributed by atoms with E-state index in [-0.39, 0.29) is 17.9 Å². The van der Waals surface area contributed by atoms with Crippen molar-refractivity contribution in [2.75, 3.05) is 0 Å². The van der Waals surface area contributed by atoms with E-state index in [1.54, 1.807) is 6.07 Å². The topological polar surface area (TPSA) is 36.4 Å². The average Bonchev–Trinajstić information content (AvgIpc) is 3.12. The van der Waals surface area contributed by atoms with Crippen LogP contribution in [0.3, 0.4) is 0 Å². The maximum absolute atomic E-state index is 13.4. The number of halogens is 1. The molecule has 0 saturated carbocycles. The van der Waals surface area contributed by atoms with Gasteiger partial charge < -0.3 is 10.6 Å². The molecule has 3 aromatic carbocycles. The van der Waals surface area contributed by atoms with Crippen molar-refractivity contribution in [1.29, 1.82) is 0 Å². The van der Waals surface area contributed by atoms with Crippen molar-refractivity contribution < 1.29 is 4.39 Å². The van der Waals surface area contributed by atoms with Gasteiger partial charge >= 0.3 is 0 Å². The molecule has 0 amide bonds. The van der Waals surface area contributed by atoms with Crippen LogP contribution in [0.4, 0.5) is 4.39 Å². The van der Waals surface area contributed by atoms with E-state index in [2.05, 4.69) is 39.9 Å². The van der Waals surface area contributed by atoms with E-state index in [0.29, 0.717) is 6.54 Å². The van der Waals surface area contributed by atoms with Crippen LogP contribution in [-0.2, 0) is 6.54 Å². The van der Waals surface area contributed by atoms with Crippen LogP contribution < -0.4 is 10.6 Å². The van der Waals surface area contributed by atoms with E-state index in [1.807, 2.05) is 42.5 Å². The zero-order valence-corrected chi connectivity index (χ0v) is 14.3. The van der Waals surface area contributed by atoms with Crippen LogP contribution >= 0.6 is 0 Å². The fourth-order valence-corrected chi connectivity index (χ4v) is 3.27. The van der Waals surface area contributed by atoms with E-state index in [0.717, 1.165) is 11.5 Å². The van der Waals surface area contributed by atoms with E-state index >= 15 is 0 Å². The summed E-state index contributed by atoms with van der Waals surface area (Å²) in [6, 6.07) is 27.4. The zero-order chi connectivity index (χ0) is 17.8. The average molecular weight is 345 g/mol. The first-order valence-electron chi connectivity index (χ1n) is 8.71. The molecule has 1 heterocycles. The van der Waals surface area contributed by atoms with Gasteiger partial charge in [-0.15, -0.1) is 0 Å². The molecule has 1 aliphatic heterocycles. The monoisotopic (exact) mass is 345 g/mol. The number of rotatable bonds is 4. The number of guanidine groups is 1. The minimum atomic E-state index is -0.237. The van der Waals surface area contributed by atoms with Crippen LogP contribution in [0.25, 0.3) is 0 Å². The van der Waals surface area contributed by atoms with Gasteiger partial charge in [-0.2, -0.15) is 0 Å². The van der Waals surface area contributed by atoms with Crippen LogP contribution in [0.5, 0.6) is 0 Å². The van der Waals surface area contributed by atoms with Crippen molar-refractivity contribution in [2.24, 2.45) is 4.99 Å². The highest BCUT2D eigenvalue weighted by atomic mass is 19.1. The highest BCUT2D eigenvalue weighted by molar-refractivity contribution is 5.83. The number of nitrogens with zero attached hydrogens (tertiary/aromatic N) is 1. The number of nitrogens with one attached hydrogen (secondary N) is 2. The molecule has 0 spiro atoms. The molecule has 0 radical (unpaired) electrons. The van der Waals surface area contributed by atoms with Crippen LogP contribution in [0.15, 0.2) is 89.9 Å². The Morgan fingerprint density at radius 1 is 0.731 bits per heavy atom. The second-order valence-corrected chi connectivity index (χ2v) is 6.36. The first kappa shape index (κ1) is 16.3. The number of hydrogen-bond donors (Lipinski definition) is 2. The van der Waals surface area contributed by atoms with E-state index < -0.39 is 0 Å². The fourth-order valence-electron chi connectivity index (χ4n) is 3.27. The number of aliphatic imine (C=N–C) groups is 1. The van der Waals surface area contributed by atoms with Gasteiger partial charge in [0.1, 0.15) is 5.82 Å². The van der Waals surface area contributed by atoms with E-state index in [1.165, 1.54) is 23.3 Å². The molecule has 4 rings (SSSR count). The Kier molecular flexibility index (Phi) is 4.65. The van der Waals surface area contributed by atoms with Gasteiger partial charge in [0.15, 0.2) is 5.96 Å². The van der Waals surface area contributed by atoms with Crippen molar-refractivity contribution in [3.8, 4) is 0 Å². The van der Waals surface area contributed by atoms with Crippen molar-refractivity contribution in [1.82, 2.24) is 10.6 Å². The van der Waals surface area contributed by atoms with Crippen molar-refractivity contribution in [3.05, 3.63) is 107 Å². The lowest BCUT2D eigenvalue weighted by Crippen LogP contribution is -2.25. The molecule has 26 heavy (non-hydrogen) atoms. The molecule has 0 bridgehead atoms. The minimum absolute atomic E-state index is 0.0878. The third-order valence-corrected chi connectivity index (χ3v) is 4.54. The molecule has 130 valence electrons. The lowest BCUT2D eigenvalue weighted by atomic mass is 9.95. The Morgan fingerprint density at radius 2 is 1.31 bits per heavy atom. The molecule has 1 fully saturated rings. The molecule has 1 aliphatic rings. The van der Waals surface area contributed by atoms with Gasteiger partial charge in [-0.1, -0.05) is 72.8 Å². The number of hydrogen-bond acceptors (Lipinski definition) is 1. The Hall–Kier alpha value is -3.14. The molecule has 2 atom stereocenters. The summed E-state index contributed by atoms with van der Waals surface area (Å²) >= 11 is 0. The molecule has 0 aliphatic carbocycles. The first-order valence-corrected chi connectivity index (χ1v) is 8.71. The minimum Gasteiger partial charge on any atom is -0.347 e. The third-order valence-electron chi connectivity index (χ3n) is 4.54. The summed E-state index contributed by atoms with van der Waals surface area (Å²) in [5, 5.41) is 6.97. The van der Waals surface area contributed by atoms with E-state index in [9.17, 15) is 4.39 Å². The SMILES string of the molecule is Fc1cccc(CN=C2N[C@H](c3ccccc3)[C@H](c3ccccc3)N2)c1. The summed E-state index contributed by atoms with van der Waals surface area (Å²) in [4.78, 5) is 4.61. The Morgan fingerprint density at radius 3 is 1.85 bits per heavy atom. The summed E-state index contributed by atoms with van der Waals surface area (Å²) in [5.74, 6) is 0.497. The molecular formula is C22H20FN3. The van der Waals surface area contributed by atoms with Crippen molar-refractivity contribution >= 4 is 5.96 Å². The maximum Gasteiger partial charge on any atom is 0.192 e. The Labute approximate surface area is 152 Å². The predicted octanol–water partition coefficient (Wildman–Crippen LogP) is 4.36. The Balaban J connectivity index is 1.60. The number of benzene rings is 3. The zero-order valence-electron chi connectivity index (χ0n) is 14.3. The normalized spacial score (nSPS) is 20.6. The highest BCUT2D eigenvalue weighted by Gasteiger charge is 2.32. The second kappa shape index (κ2) is 7.40. The van der Waals surface area contributed by atoms with Gasteiger partial charge in [-0.3, -0.25) is 0 Å². The van der Waals surface area contributed by atoms with Crippen LogP contribution in [-0.4, -0.2) is 5.96 Å². The molecule has 0 aromatic heterocycles. The molecule has 3 aromatic rings. The quantitative estimate of drug-likeness (QED) is 0.737. The molecule has 4 heteroatoms. The van der Waals surface area contributed by atoms with Gasteiger partial charge in [-0.05, 0) is 28.8 Å². The Bertz CT molecular complexity index is 844. The van der Waals surface area contributed by atoms with Crippen molar-refractivity contribution in [3.63, 3.8) is 0 Å². The first-order chi connectivity index (χ1) is 12.8. The molecule has 1 saturated heterocycles. The summed E-state index contributed by atoms with van der Waals surface area (Å²) in [6.45, 7) is 0.427. The maximum atomic E-state index is 13.4. The van der Waals surface area contributed by atoms with Gasteiger partial charge in [0.2, 0.25) is 0 Å².